The third-order valence-corrected chi connectivity index (χ3v) is 3.32. The fourth-order valence-corrected chi connectivity index (χ4v) is 2.27. The summed E-state index contributed by atoms with van der Waals surface area (Å²) in [5.41, 5.74) is 0.448. The van der Waals surface area contributed by atoms with Crippen LogP contribution in [-0.2, 0) is 0 Å². The fraction of sp³-hybridized carbons (Fsp3) is 1.00. The minimum absolute atomic E-state index is 0.359. The van der Waals surface area contributed by atoms with Crippen molar-refractivity contribution in [1.82, 2.24) is 4.90 Å². The highest BCUT2D eigenvalue weighted by Crippen LogP contribution is 2.23. The van der Waals surface area contributed by atoms with Gasteiger partial charge in [0.1, 0.15) is 0 Å². The first kappa shape index (κ1) is 13.0. The standard InChI is InChI=1S/C13H27NO/c1-13(2,3)7-9-14-8-4-5-12(11-14)6-10-15/h12,15H,4-11H2,1-3H3. The van der Waals surface area contributed by atoms with Gasteiger partial charge in [0.2, 0.25) is 0 Å². The van der Waals surface area contributed by atoms with Crippen LogP contribution >= 0.6 is 0 Å². The zero-order valence-corrected chi connectivity index (χ0v) is 10.6. The Bertz CT molecular complexity index is 172. The molecule has 0 amide bonds. The van der Waals surface area contributed by atoms with Gasteiger partial charge in [-0.3, -0.25) is 0 Å². The van der Waals surface area contributed by atoms with Crippen LogP contribution in [0.25, 0.3) is 0 Å². The molecule has 0 bridgehead atoms. The average Bonchev–Trinajstić information content (AvgIpc) is 2.15. The van der Waals surface area contributed by atoms with Crippen LogP contribution in [0.3, 0.4) is 0 Å². The Labute approximate surface area is 94.7 Å². The van der Waals surface area contributed by atoms with Crippen molar-refractivity contribution < 1.29 is 5.11 Å². The zero-order valence-electron chi connectivity index (χ0n) is 10.6. The summed E-state index contributed by atoms with van der Waals surface area (Å²) >= 11 is 0. The third-order valence-electron chi connectivity index (χ3n) is 3.32. The molecule has 1 N–H and O–H groups in total. The molecule has 0 saturated carbocycles. The van der Waals surface area contributed by atoms with Gasteiger partial charge in [0.15, 0.2) is 0 Å². The molecule has 1 atom stereocenters. The van der Waals surface area contributed by atoms with E-state index in [1.807, 2.05) is 0 Å². The molecule has 1 heterocycles. The lowest BCUT2D eigenvalue weighted by Crippen LogP contribution is -2.37. The Hall–Kier alpha value is -0.0800. The molecule has 0 spiro atoms. The van der Waals surface area contributed by atoms with Crippen LogP contribution < -0.4 is 0 Å². The fourth-order valence-electron chi connectivity index (χ4n) is 2.27. The first-order chi connectivity index (χ1) is 7.01. The molecule has 0 aliphatic carbocycles. The van der Waals surface area contributed by atoms with E-state index in [9.17, 15) is 0 Å². The van der Waals surface area contributed by atoms with Gasteiger partial charge in [-0.05, 0) is 50.1 Å². The SMILES string of the molecule is CC(C)(C)CCN1CCCC(CCO)C1. The molecule has 90 valence electrons. The predicted molar refractivity (Wildman–Crippen MR) is 64.9 cm³/mol. The van der Waals surface area contributed by atoms with Crippen LogP contribution in [0.5, 0.6) is 0 Å². The van der Waals surface area contributed by atoms with Gasteiger partial charge in [-0.15, -0.1) is 0 Å². The maximum Gasteiger partial charge on any atom is 0.0434 e. The lowest BCUT2D eigenvalue weighted by molar-refractivity contribution is 0.134. The predicted octanol–water partition coefficient (Wildman–Crippen LogP) is 2.52. The largest absolute Gasteiger partial charge is 0.396 e. The third kappa shape index (κ3) is 5.53. The second kappa shape index (κ2) is 5.86. The number of nitrogens with zero attached hydrogens (tertiary/aromatic N) is 1. The molecule has 2 heteroatoms. The molecule has 1 aliphatic rings. The normalized spacial score (nSPS) is 24.4. The van der Waals surface area contributed by atoms with Crippen molar-refractivity contribution in [2.45, 2.75) is 46.5 Å². The summed E-state index contributed by atoms with van der Waals surface area (Å²) in [7, 11) is 0. The molecule has 15 heavy (non-hydrogen) atoms. The van der Waals surface area contributed by atoms with Crippen molar-refractivity contribution in [1.29, 1.82) is 0 Å². The number of aliphatic hydroxyl groups is 1. The first-order valence-corrected chi connectivity index (χ1v) is 6.34. The Balaban J connectivity index is 2.24. The van der Waals surface area contributed by atoms with Gasteiger partial charge in [-0.1, -0.05) is 20.8 Å². The van der Waals surface area contributed by atoms with Crippen molar-refractivity contribution in [3.05, 3.63) is 0 Å². The molecule has 1 saturated heterocycles. The lowest BCUT2D eigenvalue weighted by Gasteiger charge is -2.34. The van der Waals surface area contributed by atoms with Crippen LogP contribution in [0.15, 0.2) is 0 Å². The maximum absolute atomic E-state index is 8.95. The Morgan fingerprint density at radius 2 is 2.07 bits per heavy atom. The van der Waals surface area contributed by atoms with Crippen LogP contribution in [-0.4, -0.2) is 36.2 Å². The van der Waals surface area contributed by atoms with Crippen LogP contribution in [0.1, 0.15) is 46.5 Å². The Kier molecular flexibility index (Phi) is 5.07. The first-order valence-electron chi connectivity index (χ1n) is 6.34. The van der Waals surface area contributed by atoms with Gasteiger partial charge < -0.3 is 10.0 Å². The maximum atomic E-state index is 8.95. The number of piperidine rings is 1. The number of rotatable bonds is 4. The highest BCUT2D eigenvalue weighted by atomic mass is 16.3. The van der Waals surface area contributed by atoms with E-state index in [0.717, 1.165) is 12.3 Å². The van der Waals surface area contributed by atoms with Gasteiger partial charge in [0, 0.05) is 13.2 Å². The smallest absolute Gasteiger partial charge is 0.0434 e. The molecular formula is C13H27NO. The summed E-state index contributed by atoms with van der Waals surface area (Å²) in [6.45, 7) is 11.0. The highest BCUT2D eigenvalue weighted by molar-refractivity contribution is 4.74. The Morgan fingerprint density at radius 1 is 1.33 bits per heavy atom. The Morgan fingerprint density at radius 3 is 2.67 bits per heavy atom. The molecule has 1 aliphatic heterocycles. The van der Waals surface area contributed by atoms with Crippen LogP contribution in [0.2, 0.25) is 0 Å². The van der Waals surface area contributed by atoms with Crippen molar-refractivity contribution in [3.63, 3.8) is 0 Å². The molecule has 1 rings (SSSR count). The molecular weight excluding hydrogens is 186 g/mol. The molecule has 2 nitrogen and oxygen atoms in total. The van der Waals surface area contributed by atoms with Crippen molar-refractivity contribution in [2.75, 3.05) is 26.2 Å². The summed E-state index contributed by atoms with van der Waals surface area (Å²) in [6.07, 6.45) is 4.90. The molecule has 0 aromatic heterocycles. The second-order valence-corrected chi connectivity index (χ2v) is 6.13. The zero-order chi connectivity index (χ0) is 11.3. The minimum Gasteiger partial charge on any atom is -0.396 e. The number of aliphatic hydroxyl groups excluding tert-OH is 1. The summed E-state index contributed by atoms with van der Waals surface area (Å²) < 4.78 is 0. The van der Waals surface area contributed by atoms with E-state index in [2.05, 4.69) is 25.7 Å². The van der Waals surface area contributed by atoms with E-state index < -0.39 is 0 Å². The van der Waals surface area contributed by atoms with Crippen molar-refractivity contribution in [3.8, 4) is 0 Å². The molecule has 0 radical (unpaired) electrons. The number of likely N-dealkylation sites (tertiary alicyclic amines) is 1. The summed E-state index contributed by atoms with van der Waals surface area (Å²) in [6, 6.07) is 0. The van der Waals surface area contributed by atoms with E-state index in [1.54, 1.807) is 0 Å². The van der Waals surface area contributed by atoms with Gasteiger partial charge in [0.05, 0.1) is 0 Å². The molecule has 0 aromatic carbocycles. The van der Waals surface area contributed by atoms with Gasteiger partial charge in [0.25, 0.3) is 0 Å². The summed E-state index contributed by atoms with van der Waals surface area (Å²) in [5.74, 6) is 0.740. The van der Waals surface area contributed by atoms with Crippen molar-refractivity contribution in [2.24, 2.45) is 11.3 Å². The van der Waals surface area contributed by atoms with E-state index in [4.69, 9.17) is 5.11 Å². The van der Waals surface area contributed by atoms with Gasteiger partial charge in [-0.25, -0.2) is 0 Å². The summed E-state index contributed by atoms with van der Waals surface area (Å²) in [5, 5.41) is 8.95. The van der Waals surface area contributed by atoms with Crippen LogP contribution in [0.4, 0.5) is 0 Å². The topological polar surface area (TPSA) is 23.5 Å². The monoisotopic (exact) mass is 213 g/mol. The van der Waals surface area contributed by atoms with E-state index in [-0.39, 0.29) is 0 Å². The minimum atomic E-state index is 0.359. The van der Waals surface area contributed by atoms with E-state index in [1.165, 1.54) is 38.9 Å². The van der Waals surface area contributed by atoms with Gasteiger partial charge >= 0.3 is 0 Å². The number of hydrogen-bond donors (Lipinski definition) is 1. The summed E-state index contributed by atoms with van der Waals surface area (Å²) in [4.78, 5) is 2.58. The number of hydrogen-bond acceptors (Lipinski definition) is 2. The van der Waals surface area contributed by atoms with E-state index >= 15 is 0 Å². The molecule has 1 unspecified atom stereocenters. The van der Waals surface area contributed by atoms with Crippen LogP contribution in [0, 0.1) is 11.3 Å². The van der Waals surface area contributed by atoms with Gasteiger partial charge in [-0.2, -0.15) is 0 Å². The molecule has 1 fully saturated rings. The second-order valence-electron chi connectivity index (χ2n) is 6.13. The average molecular weight is 213 g/mol. The van der Waals surface area contributed by atoms with E-state index in [0.29, 0.717) is 12.0 Å². The highest BCUT2D eigenvalue weighted by Gasteiger charge is 2.20. The van der Waals surface area contributed by atoms with Crippen molar-refractivity contribution >= 4 is 0 Å². The molecule has 0 aromatic rings. The lowest BCUT2D eigenvalue weighted by atomic mass is 9.90. The quantitative estimate of drug-likeness (QED) is 0.775.